The third-order valence-corrected chi connectivity index (χ3v) is 2.95. The second-order valence-electron chi connectivity index (χ2n) is 3.20. The van der Waals surface area contributed by atoms with Gasteiger partial charge in [0.05, 0.1) is 12.0 Å². The molecular formula is C11H11N5S. The number of aromatic nitrogens is 2. The molecule has 6 heteroatoms. The molecule has 0 amide bonds. The lowest BCUT2D eigenvalue weighted by atomic mass is 10.1. The Bertz CT molecular complexity index is 573. The van der Waals surface area contributed by atoms with E-state index in [4.69, 9.17) is 11.5 Å². The first kappa shape index (κ1) is 11.3. The number of nitrogens with two attached hydrogens (primary N) is 2. The zero-order valence-electron chi connectivity index (χ0n) is 9.00. The maximum Gasteiger partial charge on any atom is 0.203 e. The van der Waals surface area contributed by atoms with Crippen molar-refractivity contribution in [2.75, 3.05) is 5.73 Å². The maximum absolute atomic E-state index is 5.55. The van der Waals surface area contributed by atoms with Crippen molar-refractivity contribution < 1.29 is 0 Å². The van der Waals surface area contributed by atoms with Crippen LogP contribution < -0.4 is 11.5 Å². The van der Waals surface area contributed by atoms with Crippen LogP contribution in [-0.2, 0) is 0 Å². The fraction of sp³-hybridized carbons (Fsp3) is 0. The highest BCUT2D eigenvalue weighted by Crippen LogP contribution is 2.29. The summed E-state index contributed by atoms with van der Waals surface area (Å²) in [5, 5.41) is 8.98. The molecule has 0 fully saturated rings. The van der Waals surface area contributed by atoms with Crippen LogP contribution in [0.15, 0.2) is 29.8 Å². The molecule has 1 aromatic carbocycles. The lowest BCUT2D eigenvalue weighted by Gasteiger charge is -2.02. The van der Waals surface area contributed by atoms with E-state index in [2.05, 4.69) is 21.8 Å². The Labute approximate surface area is 103 Å². The molecule has 2 aromatic rings. The molecule has 0 aliphatic rings. The summed E-state index contributed by atoms with van der Waals surface area (Å²) in [6, 6.07) is 5.68. The van der Waals surface area contributed by atoms with Crippen LogP contribution in [0.4, 0.5) is 10.8 Å². The van der Waals surface area contributed by atoms with E-state index in [0.717, 1.165) is 21.8 Å². The highest BCUT2D eigenvalue weighted by molar-refractivity contribution is 7.18. The molecule has 0 saturated carbocycles. The quantitative estimate of drug-likeness (QED) is 0.639. The lowest BCUT2D eigenvalue weighted by Crippen LogP contribution is -1.88. The topological polar surface area (TPSA) is 90.2 Å². The standard InChI is InChI=1S/C11H11N5S/c1-2-7-5-8(3-4-9(7)14-6-12)10-15-16-11(13)17-10/h2-6H,1H2,(H2,12,14)(H2,13,16). The van der Waals surface area contributed by atoms with Crippen LogP contribution in [0.25, 0.3) is 16.6 Å². The van der Waals surface area contributed by atoms with Crippen molar-refractivity contribution in [2.24, 2.45) is 10.7 Å². The van der Waals surface area contributed by atoms with Gasteiger partial charge in [0.2, 0.25) is 5.13 Å². The Balaban J connectivity index is 2.48. The van der Waals surface area contributed by atoms with Crippen LogP contribution in [0.3, 0.4) is 0 Å². The van der Waals surface area contributed by atoms with Crippen molar-refractivity contribution in [3.8, 4) is 10.6 Å². The number of nitrogens with zero attached hydrogens (tertiary/aromatic N) is 3. The van der Waals surface area contributed by atoms with Gasteiger partial charge in [-0.2, -0.15) is 0 Å². The van der Waals surface area contributed by atoms with Crippen LogP contribution in [0.2, 0.25) is 0 Å². The third-order valence-electron chi connectivity index (χ3n) is 2.15. The number of aliphatic imine (C=N–C) groups is 1. The zero-order valence-corrected chi connectivity index (χ0v) is 9.81. The molecule has 86 valence electrons. The Kier molecular flexibility index (Phi) is 3.15. The van der Waals surface area contributed by atoms with Crippen LogP contribution in [0.1, 0.15) is 5.56 Å². The highest BCUT2D eigenvalue weighted by atomic mass is 32.1. The van der Waals surface area contributed by atoms with Gasteiger partial charge >= 0.3 is 0 Å². The smallest absolute Gasteiger partial charge is 0.203 e. The van der Waals surface area contributed by atoms with Crippen LogP contribution in [0, 0.1) is 0 Å². The summed E-state index contributed by atoms with van der Waals surface area (Å²) in [6.07, 6.45) is 2.97. The molecular weight excluding hydrogens is 234 g/mol. The minimum absolute atomic E-state index is 0.448. The largest absolute Gasteiger partial charge is 0.390 e. The molecule has 0 aliphatic carbocycles. The number of hydrogen-bond acceptors (Lipinski definition) is 5. The summed E-state index contributed by atoms with van der Waals surface area (Å²) in [7, 11) is 0. The molecule has 0 bridgehead atoms. The molecule has 5 nitrogen and oxygen atoms in total. The lowest BCUT2D eigenvalue weighted by molar-refractivity contribution is 1.10. The van der Waals surface area contributed by atoms with Crippen molar-refractivity contribution >= 4 is 34.6 Å². The van der Waals surface area contributed by atoms with Gasteiger partial charge in [-0.1, -0.05) is 24.0 Å². The molecule has 17 heavy (non-hydrogen) atoms. The Morgan fingerprint density at radius 1 is 1.35 bits per heavy atom. The van der Waals surface area contributed by atoms with Gasteiger partial charge in [-0.25, -0.2) is 4.99 Å². The predicted molar refractivity (Wildman–Crippen MR) is 72.2 cm³/mol. The van der Waals surface area contributed by atoms with Crippen molar-refractivity contribution in [1.82, 2.24) is 10.2 Å². The first-order valence-corrected chi connectivity index (χ1v) is 5.66. The van der Waals surface area contributed by atoms with E-state index in [-0.39, 0.29) is 0 Å². The van der Waals surface area contributed by atoms with Gasteiger partial charge in [0.25, 0.3) is 0 Å². The molecule has 1 heterocycles. The van der Waals surface area contributed by atoms with Gasteiger partial charge in [-0.15, -0.1) is 10.2 Å². The molecule has 0 unspecified atom stereocenters. The van der Waals surface area contributed by atoms with E-state index in [0.29, 0.717) is 5.13 Å². The summed E-state index contributed by atoms with van der Waals surface area (Å²) < 4.78 is 0. The monoisotopic (exact) mass is 245 g/mol. The molecule has 0 spiro atoms. The van der Waals surface area contributed by atoms with Crippen LogP contribution in [0.5, 0.6) is 0 Å². The first-order valence-electron chi connectivity index (χ1n) is 4.84. The van der Waals surface area contributed by atoms with E-state index >= 15 is 0 Å². The fourth-order valence-electron chi connectivity index (χ4n) is 1.40. The third kappa shape index (κ3) is 2.31. The average Bonchev–Trinajstić information content (AvgIpc) is 2.77. The van der Waals surface area contributed by atoms with Gasteiger partial charge in [-0.05, 0) is 18.2 Å². The van der Waals surface area contributed by atoms with Crippen molar-refractivity contribution in [3.05, 3.63) is 30.3 Å². The molecule has 1 aromatic heterocycles. The summed E-state index contributed by atoms with van der Waals surface area (Å²) in [4.78, 5) is 4.04. The van der Waals surface area contributed by atoms with Gasteiger partial charge in [0.1, 0.15) is 5.01 Å². The zero-order chi connectivity index (χ0) is 12.3. The minimum atomic E-state index is 0.448. The second-order valence-corrected chi connectivity index (χ2v) is 4.21. The molecule has 4 N–H and O–H groups in total. The highest BCUT2D eigenvalue weighted by Gasteiger charge is 2.06. The Morgan fingerprint density at radius 2 is 2.18 bits per heavy atom. The maximum atomic E-state index is 5.55. The molecule has 0 saturated heterocycles. The second kappa shape index (κ2) is 4.75. The van der Waals surface area contributed by atoms with E-state index in [9.17, 15) is 0 Å². The summed E-state index contributed by atoms with van der Waals surface area (Å²) in [5.74, 6) is 0. The van der Waals surface area contributed by atoms with E-state index in [1.807, 2.05) is 18.2 Å². The van der Waals surface area contributed by atoms with Crippen molar-refractivity contribution in [2.45, 2.75) is 0 Å². The number of anilines is 1. The first-order chi connectivity index (χ1) is 8.24. The van der Waals surface area contributed by atoms with Crippen molar-refractivity contribution in [1.29, 1.82) is 0 Å². The summed E-state index contributed by atoms with van der Waals surface area (Å²) in [6.45, 7) is 3.74. The summed E-state index contributed by atoms with van der Waals surface area (Å²) in [5.41, 5.74) is 13.4. The SMILES string of the molecule is C=Cc1cc(-c2nnc(N)s2)ccc1N=CN. The minimum Gasteiger partial charge on any atom is -0.390 e. The fourth-order valence-corrected chi connectivity index (χ4v) is 2.01. The number of benzene rings is 1. The molecule has 2 rings (SSSR count). The van der Waals surface area contributed by atoms with Gasteiger partial charge in [0.15, 0.2) is 0 Å². The molecule has 0 aliphatic heterocycles. The number of hydrogen-bond donors (Lipinski definition) is 2. The Hall–Kier alpha value is -2.21. The van der Waals surface area contributed by atoms with E-state index in [1.54, 1.807) is 6.08 Å². The Morgan fingerprint density at radius 3 is 2.76 bits per heavy atom. The van der Waals surface area contributed by atoms with Gasteiger partial charge in [-0.3, -0.25) is 0 Å². The van der Waals surface area contributed by atoms with E-state index in [1.165, 1.54) is 17.7 Å². The van der Waals surface area contributed by atoms with Gasteiger partial charge in [0, 0.05) is 11.1 Å². The predicted octanol–water partition coefficient (Wildman–Crippen LogP) is 2.05. The van der Waals surface area contributed by atoms with Crippen LogP contribution >= 0.6 is 11.3 Å². The van der Waals surface area contributed by atoms with Crippen LogP contribution in [-0.4, -0.2) is 16.5 Å². The normalized spacial score (nSPS) is 10.8. The molecule has 0 atom stereocenters. The average molecular weight is 245 g/mol. The van der Waals surface area contributed by atoms with E-state index < -0.39 is 0 Å². The van der Waals surface area contributed by atoms with Crippen molar-refractivity contribution in [3.63, 3.8) is 0 Å². The van der Waals surface area contributed by atoms with Gasteiger partial charge < -0.3 is 11.5 Å². The summed E-state index contributed by atoms with van der Waals surface area (Å²) >= 11 is 1.34. The molecule has 0 radical (unpaired) electrons. The number of rotatable bonds is 3. The number of nitrogen functional groups attached to an aromatic ring is 1.